The number of carbonyl (C=O) groups is 3. The van der Waals surface area contributed by atoms with Crippen molar-refractivity contribution in [2.45, 2.75) is 70.9 Å². The molecule has 150 valence electrons. The summed E-state index contributed by atoms with van der Waals surface area (Å²) in [6.07, 6.45) is -6.54. The molecular formula is C16H27NO9. The average molecular weight is 377 g/mol. The lowest BCUT2D eigenvalue weighted by atomic mass is 9.98. The third-order valence-corrected chi connectivity index (χ3v) is 3.30. The van der Waals surface area contributed by atoms with Gasteiger partial charge in [-0.05, 0) is 20.8 Å². The fourth-order valence-electron chi connectivity index (χ4n) is 2.41. The normalized spacial score (nSPS) is 28.8. The van der Waals surface area contributed by atoms with Gasteiger partial charge in [0.25, 0.3) is 0 Å². The lowest BCUT2D eigenvalue weighted by Gasteiger charge is -2.42. The molecule has 0 bridgehead atoms. The lowest BCUT2D eigenvalue weighted by molar-refractivity contribution is -0.293. The summed E-state index contributed by atoms with van der Waals surface area (Å²) in [6.45, 7) is 7.32. The molecular weight excluding hydrogens is 350 g/mol. The minimum atomic E-state index is -1.38. The highest BCUT2D eigenvalue weighted by Gasteiger charge is 2.49. The van der Waals surface area contributed by atoms with Crippen LogP contribution in [0, 0.1) is 0 Å². The molecule has 1 saturated heterocycles. The first-order valence-corrected chi connectivity index (χ1v) is 8.12. The Morgan fingerprint density at radius 1 is 1.08 bits per heavy atom. The van der Waals surface area contributed by atoms with E-state index in [4.69, 9.17) is 23.7 Å². The summed E-state index contributed by atoms with van der Waals surface area (Å²) in [5.74, 6) is -1.34. The van der Waals surface area contributed by atoms with Gasteiger partial charge in [-0.2, -0.15) is 0 Å². The number of carbonyl (C=O) groups excluding carboxylic acids is 3. The van der Waals surface area contributed by atoms with Crippen LogP contribution in [0.25, 0.3) is 0 Å². The van der Waals surface area contributed by atoms with Crippen LogP contribution in [-0.2, 0) is 33.3 Å². The van der Waals surface area contributed by atoms with Gasteiger partial charge in [-0.25, -0.2) is 4.79 Å². The Bertz CT molecular complexity index is 516. The summed E-state index contributed by atoms with van der Waals surface area (Å²) < 4.78 is 26.0. The SMILES string of the molecule is COC1OC(CNC(=O)OC(C)(C)C)[C@H](OC(C)=O)[C@H](OC(C)=O)[C@H]1O. The number of alkyl carbamates (subject to hydrolysis) is 1. The number of methoxy groups -OCH3 is 1. The third-order valence-electron chi connectivity index (χ3n) is 3.30. The van der Waals surface area contributed by atoms with Gasteiger partial charge in [0.1, 0.15) is 17.8 Å². The van der Waals surface area contributed by atoms with Gasteiger partial charge >= 0.3 is 18.0 Å². The number of aliphatic hydroxyl groups excluding tert-OH is 1. The van der Waals surface area contributed by atoms with Crippen LogP contribution in [0.2, 0.25) is 0 Å². The molecule has 10 nitrogen and oxygen atoms in total. The zero-order valence-corrected chi connectivity index (χ0v) is 15.8. The molecule has 2 N–H and O–H groups in total. The van der Waals surface area contributed by atoms with Crippen LogP contribution in [-0.4, -0.2) is 73.1 Å². The molecule has 0 aromatic rings. The number of hydrogen-bond acceptors (Lipinski definition) is 9. The maximum Gasteiger partial charge on any atom is 0.407 e. The van der Waals surface area contributed by atoms with Crippen LogP contribution in [0.5, 0.6) is 0 Å². The van der Waals surface area contributed by atoms with E-state index in [1.165, 1.54) is 7.11 Å². The van der Waals surface area contributed by atoms with Crippen LogP contribution in [0.1, 0.15) is 34.6 Å². The van der Waals surface area contributed by atoms with E-state index < -0.39 is 54.3 Å². The number of hydrogen-bond donors (Lipinski definition) is 2. The Balaban J connectivity index is 2.93. The Kier molecular flexibility index (Phi) is 7.79. The molecule has 0 aromatic carbocycles. The van der Waals surface area contributed by atoms with Crippen molar-refractivity contribution in [2.75, 3.05) is 13.7 Å². The first kappa shape index (κ1) is 22.1. The van der Waals surface area contributed by atoms with Crippen molar-refractivity contribution in [2.24, 2.45) is 0 Å². The molecule has 2 unspecified atom stereocenters. The molecule has 1 heterocycles. The minimum absolute atomic E-state index is 0.128. The van der Waals surface area contributed by atoms with Crippen molar-refractivity contribution in [3.63, 3.8) is 0 Å². The Labute approximate surface area is 152 Å². The van der Waals surface area contributed by atoms with Crippen molar-refractivity contribution in [3.05, 3.63) is 0 Å². The molecule has 1 aliphatic rings. The Morgan fingerprint density at radius 3 is 2.08 bits per heavy atom. The van der Waals surface area contributed by atoms with E-state index in [2.05, 4.69) is 5.32 Å². The van der Waals surface area contributed by atoms with Crippen LogP contribution in [0.15, 0.2) is 0 Å². The van der Waals surface area contributed by atoms with Crippen molar-refractivity contribution in [3.8, 4) is 0 Å². The fourth-order valence-corrected chi connectivity index (χ4v) is 2.41. The molecule has 26 heavy (non-hydrogen) atoms. The maximum absolute atomic E-state index is 11.8. The molecule has 0 aromatic heterocycles. The zero-order valence-electron chi connectivity index (χ0n) is 15.8. The van der Waals surface area contributed by atoms with Gasteiger partial charge in [0.15, 0.2) is 18.5 Å². The van der Waals surface area contributed by atoms with Gasteiger partial charge in [0, 0.05) is 21.0 Å². The van der Waals surface area contributed by atoms with Crippen molar-refractivity contribution in [1.29, 1.82) is 0 Å². The largest absolute Gasteiger partial charge is 0.456 e. The number of nitrogens with one attached hydrogen (secondary N) is 1. The highest BCUT2D eigenvalue weighted by molar-refractivity contribution is 5.68. The number of rotatable bonds is 5. The molecule has 0 saturated carbocycles. The predicted molar refractivity (Wildman–Crippen MR) is 87.0 cm³/mol. The number of ether oxygens (including phenoxy) is 5. The van der Waals surface area contributed by atoms with E-state index in [-0.39, 0.29) is 6.54 Å². The molecule has 0 radical (unpaired) electrons. The molecule has 0 spiro atoms. The summed E-state index contributed by atoms with van der Waals surface area (Å²) >= 11 is 0. The molecule has 5 atom stereocenters. The van der Waals surface area contributed by atoms with Crippen LogP contribution < -0.4 is 5.32 Å². The van der Waals surface area contributed by atoms with Gasteiger partial charge in [-0.15, -0.1) is 0 Å². The summed E-state index contributed by atoms with van der Waals surface area (Å²) in [5.41, 5.74) is -0.696. The van der Waals surface area contributed by atoms with E-state index in [1.807, 2.05) is 0 Å². The van der Waals surface area contributed by atoms with Crippen molar-refractivity contribution < 1.29 is 43.2 Å². The van der Waals surface area contributed by atoms with E-state index in [0.717, 1.165) is 13.8 Å². The van der Waals surface area contributed by atoms with E-state index in [9.17, 15) is 19.5 Å². The quantitative estimate of drug-likeness (QED) is 0.506. The minimum Gasteiger partial charge on any atom is -0.456 e. The van der Waals surface area contributed by atoms with Gasteiger partial charge in [0.05, 0.1) is 6.54 Å². The zero-order chi connectivity index (χ0) is 20.1. The second-order valence-corrected chi connectivity index (χ2v) is 6.80. The van der Waals surface area contributed by atoms with Gasteiger partial charge in [-0.3, -0.25) is 9.59 Å². The standard InChI is InChI=1S/C16H27NO9/c1-8(18)23-12-10(7-17-15(21)26-16(3,4)5)25-14(22-6)11(20)13(12)24-9(2)19/h10-14,20H,7H2,1-6H3,(H,17,21)/t10?,11-,12+,13-,14?/m1/s1. The third kappa shape index (κ3) is 6.77. The fraction of sp³-hybridized carbons (Fsp3) is 0.812. The first-order chi connectivity index (χ1) is 11.9. The molecule has 1 amide bonds. The van der Waals surface area contributed by atoms with Crippen LogP contribution >= 0.6 is 0 Å². The summed E-state index contributed by atoms with van der Waals surface area (Å²) in [6, 6.07) is 0. The summed E-state index contributed by atoms with van der Waals surface area (Å²) in [4.78, 5) is 34.6. The van der Waals surface area contributed by atoms with Crippen LogP contribution in [0.4, 0.5) is 4.79 Å². The van der Waals surface area contributed by atoms with Crippen LogP contribution in [0.3, 0.4) is 0 Å². The van der Waals surface area contributed by atoms with Crippen molar-refractivity contribution >= 4 is 18.0 Å². The lowest BCUT2D eigenvalue weighted by Crippen LogP contribution is -2.62. The predicted octanol–water partition coefficient (Wildman–Crippen LogP) is 0.107. The van der Waals surface area contributed by atoms with E-state index in [1.54, 1.807) is 20.8 Å². The molecule has 10 heteroatoms. The number of amides is 1. The molecule has 1 fully saturated rings. The smallest absolute Gasteiger partial charge is 0.407 e. The monoisotopic (exact) mass is 377 g/mol. The number of esters is 2. The average Bonchev–Trinajstić information content (AvgIpc) is 2.47. The number of aliphatic hydroxyl groups is 1. The molecule has 0 aliphatic carbocycles. The molecule has 1 aliphatic heterocycles. The Hall–Kier alpha value is -1.91. The van der Waals surface area contributed by atoms with Gasteiger partial charge in [-0.1, -0.05) is 0 Å². The van der Waals surface area contributed by atoms with Gasteiger partial charge in [0.2, 0.25) is 0 Å². The highest BCUT2D eigenvalue weighted by atomic mass is 16.7. The maximum atomic E-state index is 11.8. The topological polar surface area (TPSA) is 130 Å². The van der Waals surface area contributed by atoms with Crippen molar-refractivity contribution in [1.82, 2.24) is 5.32 Å². The molecule has 1 rings (SSSR count). The first-order valence-electron chi connectivity index (χ1n) is 8.12. The van der Waals surface area contributed by atoms with E-state index in [0.29, 0.717) is 0 Å². The highest BCUT2D eigenvalue weighted by Crippen LogP contribution is 2.26. The van der Waals surface area contributed by atoms with E-state index >= 15 is 0 Å². The second kappa shape index (κ2) is 9.15. The summed E-state index contributed by atoms with van der Waals surface area (Å²) in [7, 11) is 1.29. The summed E-state index contributed by atoms with van der Waals surface area (Å²) in [5, 5.41) is 12.8. The second-order valence-electron chi connectivity index (χ2n) is 6.80. The van der Waals surface area contributed by atoms with Gasteiger partial charge < -0.3 is 34.1 Å². The Morgan fingerprint density at radius 2 is 1.62 bits per heavy atom.